The minimum Gasteiger partial charge on any atom is -0.466 e. The summed E-state index contributed by atoms with van der Waals surface area (Å²) in [6, 6.07) is -0.632. The third-order valence-corrected chi connectivity index (χ3v) is 16.0. The smallest absolute Gasteiger partial charge is 0.305 e. The van der Waals surface area contributed by atoms with E-state index in [1.807, 2.05) is 6.08 Å². The Bertz CT molecular complexity index is 1170. The zero-order valence-electron chi connectivity index (χ0n) is 50.8. The molecule has 0 heterocycles. The second-order valence-corrected chi connectivity index (χ2v) is 23.5. The molecule has 444 valence electrons. The number of hydrogen-bond acceptors (Lipinski definition) is 5. The van der Waals surface area contributed by atoms with Crippen molar-refractivity contribution in [2.75, 3.05) is 13.2 Å². The lowest BCUT2D eigenvalue weighted by Crippen LogP contribution is -2.45. The van der Waals surface area contributed by atoms with E-state index in [2.05, 4.69) is 31.3 Å². The predicted molar refractivity (Wildman–Crippen MR) is 329 cm³/mol. The van der Waals surface area contributed by atoms with E-state index in [-0.39, 0.29) is 18.5 Å². The summed E-state index contributed by atoms with van der Waals surface area (Å²) < 4.78 is 5.49. The van der Waals surface area contributed by atoms with Gasteiger partial charge in [0.25, 0.3) is 0 Å². The van der Waals surface area contributed by atoms with Crippen molar-refractivity contribution in [3.8, 4) is 0 Å². The van der Waals surface area contributed by atoms with Crippen LogP contribution >= 0.6 is 0 Å². The first-order valence-corrected chi connectivity index (χ1v) is 34.1. The number of allylic oxidation sites excluding steroid dienone is 3. The Morgan fingerprint density at radius 3 is 0.947 bits per heavy atom. The fourth-order valence-electron chi connectivity index (χ4n) is 10.7. The fraction of sp³-hybridized carbons (Fsp3) is 0.913. The molecule has 0 saturated carbocycles. The molecule has 6 heteroatoms. The number of nitrogens with one attached hydrogen (secondary N) is 1. The lowest BCUT2D eigenvalue weighted by atomic mass is 10.0. The molecule has 0 fully saturated rings. The summed E-state index contributed by atoms with van der Waals surface area (Å²) >= 11 is 0. The molecule has 0 aromatic rings. The van der Waals surface area contributed by atoms with Gasteiger partial charge in [-0.05, 0) is 57.8 Å². The van der Waals surface area contributed by atoms with Crippen LogP contribution in [0.25, 0.3) is 0 Å². The molecular formula is C69H133NO5. The Balaban J connectivity index is 3.42. The number of ether oxygens (including phenoxy) is 1. The van der Waals surface area contributed by atoms with Crippen molar-refractivity contribution < 1.29 is 24.5 Å². The van der Waals surface area contributed by atoms with E-state index in [9.17, 15) is 19.8 Å². The van der Waals surface area contributed by atoms with E-state index in [0.29, 0.717) is 19.4 Å². The average molecular weight is 1060 g/mol. The first-order valence-electron chi connectivity index (χ1n) is 34.1. The predicted octanol–water partition coefficient (Wildman–Crippen LogP) is 21.8. The zero-order chi connectivity index (χ0) is 54.3. The summed E-state index contributed by atoms with van der Waals surface area (Å²) in [4.78, 5) is 24.6. The third kappa shape index (κ3) is 61.4. The molecule has 0 rings (SSSR count). The van der Waals surface area contributed by atoms with Crippen LogP contribution in [-0.4, -0.2) is 47.4 Å². The summed E-state index contributed by atoms with van der Waals surface area (Å²) in [6.07, 6.45) is 81.0. The average Bonchev–Trinajstić information content (AvgIpc) is 3.41. The maximum absolute atomic E-state index is 12.5. The molecule has 2 unspecified atom stereocenters. The van der Waals surface area contributed by atoms with Gasteiger partial charge in [0.15, 0.2) is 0 Å². The number of rotatable bonds is 64. The quantitative estimate of drug-likeness (QED) is 0.0320. The molecule has 0 aliphatic heterocycles. The number of hydrogen-bond donors (Lipinski definition) is 3. The highest BCUT2D eigenvalue weighted by Crippen LogP contribution is 2.18. The highest BCUT2D eigenvalue weighted by atomic mass is 16.5. The SMILES string of the molecule is CCCCCCCCCCCCCCCCCCCC/C=C/C(O)C(CO)NC(=O)CCCCCCCCCC/C=C\CCCCCCCCCCCCCCOC(=O)CCCCCCCCCCCCCCCC. The molecule has 3 N–H and O–H groups in total. The van der Waals surface area contributed by atoms with E-state index in [0.717, 1.165) is 38.5 Å². The molecule has 0 aromatic carbocycles. The number of carbonyl (C=O) groups is 2. The van der Waals surface area contributed by atoms with Gasteiger partial charge in [-0.1, -0.05) is 334 Å². The Kier molecular flexibility index (Phi) is 63.4. The van der Waals surface area contributed by atoms with Gasteiger partial charge in [-0.2, -0.15) is 0 Å². The summed E-state index contributed by atoms with van der Waals surface area (Å²) in [7, 11) is 0. The number of unbranched alkanes of at least 4 members (excludes halogenated alkanes) is 51. The summed E-state index contributed by atoms with van der Waals surface area (Å²) in [5, 5.41) is 23.2. The maximum Gasteiger partial charge on any atom is 0.305 e. The van der Waals surface area contributed by atoms with Crippen LogP contribution in [0, 0.1) is 0 Å². The van der Waals surface area contributed by atoms with E-state index in [1.165, 1.54) is 315 Å². The largest absolute Gasteiger partial charge is 0.466 e. The van der Waals surface area contributed by atoms with E-state index in [1.54, 1.807) is 6.08 Å². The number of aliphatic hydroxyl groups excluding tert-OH is 2. The highest BCUT2D eigenvalue weighted by molar-refractivity contribution is 5.76. The minimum absolute atomic E-state index is 0.0150. The molecule has 1 amide bonds. The lowest BCUT2D eigenvalue weighted by Gasteiger charge is -2.20. The first-order chi connectivity index (χ1) is 37.0. The van der Waals surface area contributed by atoms with Crippen molar-refractivity contribution in [1.29, 1.82) is 0 Å². The second kappa shape index (κ2) is 64.9. The van der Waals surface area contributed by atoms with Crippen LogP contribution in [0.15, 0.2) is 24.3 Å². The molecule has 0 bridgehead atoms. The molecule has 0 radical (unpaired) electrons. The van der Waals surface area contributed by atoms with Crippen LogP contribution in [0.5, 0.6) is 0 Å². The first kappa shape index (κ1) is 73.3. The number of carbonyl (C=O) groups excluding carboxylic acids is 2. The number of esters is 1. The van der Waals surface area contributed by atoms with E-state index < -0.39 is 12.1 Å². The van der Waals surface area contributed by atoms with Gasteiger partial charge >= 0.3 is 5.97 Å². The Morgan fingerprint density at radius 1 is 0.360 bits per heavy atom. The van der Waals surface area contributed by atoms with Crippen molar-refractivity contribution in [2.45, 2.75) is 392 Å². The Hall–Kier alpha value is -1.66. The summed E-state index contributed by atoms with van der Waals surface area (Å²) in [6.45, 7) is 4.94. The summed E-state index contributed by atoms with van der Waals surface area (Å²) in [5.74, 6) is -0.0540. The van der Waals surface area contributed by atoms with Gasteiger partial charge in [0.1, 0.15) is 0 Å². The van der Waals surface area contributed by atoms with Crippen LogP contribution < -0.4 is 5.32 Å². The monoisotopic (exact) mass is 1060 g/mol. The van der Waals surface area contributed by atoms with Gasteiger partial charge in [0.05, 0.1) is 25.4 Å². The van der Waals surface area contributed by atoms with E-state index in [4.69, 9.17) is 4.74 Å². The van der Waals surface area contributed by atoms with Gasteiger partial charge in [0.2, 0.25) is 5.91 Å². The van der Waals surface area contributed by atoms with Crippen LogP contribution in [-0.2, 0) is 14.3 Å². The third-order valence-electron chi connectivity index (χ3n) is 16.0. The maximum atomic E-state index is 12.5. The normalized spacial score (nSPS) is 12.6. The number of aliphatic hydroxyl groups is 2. The topological polar surface area (TPSA) is 95.9 Å². The van der Waals surface area contributed by atoms with Gasteiger partial charge in [-0.15, -0.1) is 0 Å². The van der Waals surface area contributed by atoms with Crippen molar-refractivity contribution in [3.63, 3.8) is 0 Å². The van der Waals surface area contributed by atoms with E-state index >= 15 is 0 Å². The molecule has 0 spiro atoms. The Labute approximate surface area is 469 Å². The molecule has 0 aromatic heterocycles. The fourth-order valence-corrected chi connectivity index (χ4v) is 10.7. The molecule has 0 aliphatic rings. The minimum atomic E-state index is -0.848. The van der Waals surface area contributed by atoms with Crippen molar-refractivity contribution in [3.05, 3.63) is 24.3 Å². The molecule has 0 saturated heterocycles. The molecular weight excluding hydrogens is 923 g/mol. The van der Waals surface area contributed by atoms with Crippen molar-refractivity contribution in [1.82, 2.24) is 5.32 Å². The van der Waals surface area contributed by atoms with Crippen LogP contribution in [0.1, 0.15) is 380 Å². The van der Waals surface area contributed by atoms with Crippen LogP contribution in [0.3, 0.4) is 0 Å². The van der Waals surface area contributed by atoms with Gasteiger partial charge in [-0.25, -0.2) is 0 Å². The van der Waals surface area contributed by atoms with Crippen molar-refractivity contribution >= 4 is 11.9 Å². The molecule has 6 nitrogen and oxygen atoms in total. The second-order valence-electron chi connectivity index (χ2n) is 23.5. The standard InChI is InChI=1S/C69H133NO5/c1-3-5-7-9-11-13-15-17-19-20-21-28-31-34-37-41-45-49-53-57-61-67(72)66(65-71)70-68(73)62-58-54-50-46-42-38-35-32-29-26-24-22-23-25-27-30-33-36-40-44-48-52-56-60-64-75-69(74)63-59-55-51-47-43-39-18-16-14-12-10-8-6-4-2/h24,26,57,61,66-67,71-72H,3-23,25,27-56,58-60,62-65H2,1-2H3,(H,70,73)/b26-24-,61-57+. The molecule has 75 heavy (non-hydrogen) atoms. The molecule has 2 atom stereocenters. The molecule has 0 aliphatic carbocycles. The zero-order valence-corrected chi connectivity index (χ0v) is 50.8. The lowest BCUT2D eigenvalue weighted by molar-refractivity contribution is -0.143. The van der Waals surface area contributed by atoms with Crippen molar-refractivity contribution in [2.24, 2.45) is 0 Å². The van der Waals surface area contributed by atoms with Gasteiger partial charge in [-0.3, -0.25) is 9.59 Å². The van der Waals surface area contributed by atoms with Crippen LogP contribution in [0.4, 0.5) is 0 Å². The highest BCUT2D eigenvalue weighted by Gasteiger charge is 2.18. The number of amides is 1. The van der Waals surface area contributed by atoms with Crippen LogP contribution in [0.2, 0.25) is 0 Å². The van der Waals surface area contributed by atoms with Gasteiger partial charge < -0.3 is 20.3 Å². The summed E-state index contributed by atoms with van der Waals surface area (Å²) in [5.41, 5.74) is 0. The van der Waals surface area contributed by atoms with Gasteiger partial charge in [0, 0.05) is 12.8 Å². The Morgan fingerprint density at radius 2 is 0.627 bits per heavy atom.